The van der Waals surface area contributed by atoms with Crippen LogP contribution in [0.1, 0.15) is 32.6 Å². The van der Waals surface area contributed by atoms with Gasteiger partial charge in [-0.1, -0.05) is 29.8 Å². The van der Waals surface area contributed by atoms with Crippen LogP contribution in [0.2, 0.25) is 10.0 Å². The van der Waals surface area contributed by atoms with Crippen LogP contribution < -0.4 is 16.4 Å². The van der Waals surface area contributed by atoms with Crippen molar-refractivity contribution < 1.29 is 9.53 Å². The maximum Gasteiger partial charge on any atom is 0.272 e. The molecule has 3 rings (SSSR count). The summed E-state index contributed by atoms with van der Waals surface area (Å²) in [4.78, 5) is 19.2. The fraction of sp³-hybridized carbons (Fsp3) is 0.478. The fourth-order valence-corrected chi connectivity index (χ4v) is 4.27. The summed E-state index contributed by atoms with van der Waals surface area (Å²) < 4.78 is 5.43. The molecule has 9 heteroatoms. The molecule has 2 fully saturated rings. The van der Waals surface area contributed by atoms with Crippen molar-refractivity contribution in [1.82, 2.24) is 10.2 Å². The van der Waals surface area contributed by atoms with Gasteiger partial charge in [0.2, 0.25) is 0 Å². The smallest absolute Gasteiger partial charge is 0.272 e. The molecule has 32 heavy (non-hydrogen) atoms. The molecule has 2 aliphatic rings. The van der Waals surface area contributed by atoms with Crippen LogP contribution in [0.5, 0.6) is 0 Å². The molecule has 2 aliphatic heterocycles. The van der Waals surface area contributed by atoms with Crippen molar-refractivity contribution >= 4 is 41.1 Å². The molecule has 0 unspecified atom stereocenters. The average Bonchev–Trinajstić information content (AvgIpc) is 2.80. The number of anilines is 1. The second-order valence-electron chi connectivity index (χ2n) is 8.10. The number of hydrogen-bond donors (Lipinski definition) is 3. The Hall–Kier alpha value is -2.06. The molecular formula is C23H31Cl2N5O2. The number of likely N-dealkylation sites (tertiary alicyclic amines) is 1. The topological polar surface area (TPSA) is 92.0 Å². The number of piperidine rings is 1. The largest absolute Gasteiger partial charge is 0.390 e. The second kappa shape index (κ2) is 11.7. The molecule has 2 saturated heterocycles. The van der Waals surface area contributed by atoms with Crippen molar-refractivity contribution in [1.29, 1.82) is 0 Å². The van der Waals surface area contributed by atoms with Gasteiger partial charge in [0.15, 0.2) is 0 Å². The number of nitrogens with zero attached hydrogens (tertiary/aromatic N) is 2. The molecule has 2 heterocycles. The number of amides is 1. The van der Waals surface area contributed by atoms with Crippen molar-refractivity contribution in [3.05, 3.63) is 51.8 Å². The second-order valence-corrected chi connectivity index (χ2v) is 8.92. The van der Waals surface area contributed by atoms with Gasteiger partial charge in [-0.2, -0.15) is 0 Å². The molecule has 0 radical (unpaired) electrons. The summed E-state index contributed by atoms with van der Waals surface area (Å²) in [5.74, 6) is -0.147. The first kappa shape index (κ1) is 24.6. The fourth-order valence-electron chi connectivity index (χ4n) is 3.97. The Kier molecular flexibility index (Phi) is 8.99. The van der Waals surface area contributed by atoms with E-state index in [0.29, 0.717) is 52.2 Å². The van der Waals surface area contributed by atoms with E-state index >= 15 is 0 Å². The molecule has 1 amide bonds. The third-order valence-corrected chi connectivity index (χ3v) is 6.64. The Morgan fingerprint density at radius 3 is 2.47 bits per heavy atom. The first-order valence-corrected chi connectivity index (χ1v) is 11.6. The number of ether oxygens (including phenoxy) is 1. The lowest BCUT2D eigenvalue weighted by Crippen LogP contribution is -2.49. The summed E-state index contributed by atoms with van der Waals surface area (Å²) in [5, 5.41) is 7.78. The van der Waals surface area contributed by atoms with E-state index in [1.807, 2.05) is 4.90 Å². The summed E-state index contributed by atoms with van der Waals surface area (Å²) in [6, 6.07) is 6.11. The highest BCUT2D eigenvalue weighted by molar-refractivity contribution is 6.42. The first-order valence-electron chi connectivity index (χ1n) is 10.9. The lowest BCUT2D eigenvalue weighted by molar-refractivity contribution is -0.128. The van der Waals surface area contributed by atoms with E-state index in [4.69, 9.17) is 33.7 Å². The van der Waals surface area contributed by atoms with Crippen LogP contribution in [-0.2, 0) is 9.53 Å². The quantitative estimate of drug-likeness (QED) is 0.238. The number of carbonyl (C=O) groups excluding carboxylic acids is 1. The van der Waals surface area contributed by atoms with Gasteiger partial charge in [0.25, 0.3) is 5.91 Å². The van der Waals surface area contributed by atoms with Crippen LogP contribution in [0, 0.1) is 0 Å². The Bertz CT molecular complexity index is 888. The number of nitrogens with two attached hydrogens (primary N) is 1. The monoisotopic (exact) mass is 479 g/mol. The number of hydrogen-bond acceptors (Lipinski definition) is 5. The molecule has 1 aromatic rings. The summed E-state index contributed by atoms with van der Waals surface area (Å²) in [6.45, 7) is 8.84. The maximum absolute atomic E-state index is 13.2. The van der Waals surface area contributed by atoms with E-state index in [9.17, 15) is 4.79 Å². The number of benzene rings is 1. The van der Waals surface area contributed by atoms with Gasteiger partial charge in [-0.3, -0.25) is 4.79 Å². The molecular weight excluding hydrogens is 449 g/mol. The van der Waals surface area contributed by atoms with Crippen LogP contribution >= 0.6 is 23.2 Å². The van der Waals surface area contributed by atoms with Crippen LogP contribution in [0.15, 0.2) is 46.7 Å². The Morgan fingerprint density at radius 1 is 1.19 bits per heavy atom. The number of nitrogens with one attached hydrogen (secondary N) is 2. The van der Waals surface area contributed by atoms with Gasteiger partial charge in [0.1, 0.15) is 5.70 Å². The van der Waals surface area contributed by atoms with Gasteiger partial charge in [-0.25, -0.2) is 4.99 Å². The lowest BCUT2D eigenvalue weighted by atomic mass is 10.0. The minimum atomic E-state index is -0.147. The first-order chi connectivity index (χ1) is 15.4. The Labute approximate surface area is 199 Å². The highest BCUT2D eigenvalue weighted by Gasteiger charge is 2.27. The van der Waals surface area contributed by atoms with Crippen LogP contribution in [-0.4, -0.2) is 55.5 Å². The minimum absolute atomic E-state index is 0.147. The SMILES string of the molecule is C=C(Nc1ccc(Cl)c(Cl)c1)/C(C)=C(\N=C/N)C(=O)N1CCC(NC2CCOCC2)CC1. The molecule has 0 saturated carbocycles. The Balaban J connectivity index is 1.63. The van der Waals surface area contributed by atoms with Gasteiger partial charge in [-0.15, -0.1) is 0 Å². The van der Waals surface area contributed by atoms with Crippen molar-refractivity contribution in [2.24, 2.45) is 10.7 Å². The van der Waals surface area contributed by atoms with E-state index in [-0.39, 0.29) is 11.6 Å². The molecule has 0 spiro atoms. The standard InChI is InChI=1S/C23H31Cl2N5O2/c1-15(16(2)28-19-3-4-20(24)21(25)13-19)22(27-14-26)23(31)30-9-5-17(6-10-30)29-18-7-11-32-12-8-18/h3-4,13-14,17-18,28-29H,2,5-12H2,1H3,(H2,26,27)/b22-15-. The van der Waals surface area contributed by atoms with Crippen molar-refractivity contribution in [3.8, 4) is 0 Å². The number of halogens is 2. The van der Waals surface area contributed by atoms with Crippen LogP contribution in [0.3, 0.4) is 0 Å². The van der Waals surface area contributed by atoms with E-state index in [2.05, 4.69) is 22.2 Å². The molecule has 0 aromatic heterocycles. The molecule has 0 bridgehead atoms. The molecule has 174 valence electrons. The molecule has 4 N–H and O–H groups in total. The van der Waals surface area contributed by atoms with E-state index in [1.54, 1.807) is 25.1 Å². The van der Waals surface area contributed by atoms with Crippen molar-refractivity contribution in [2.45, 2.75) is 44.7 Å². The van der Waals surface area contributed by atoms with Crippen molar-refractivity contribution in [3.63, 3.8) is 0 Å². The Morgan fingerprint density at radius 2 is 1.84 bits per heavy atom. The summed E-state index contributed by atoms with van der Waals surface area (Å²) >= 11 is 12.1. The number of allylic oxidation sites excluding steroid dienone is 1. The van der Waals surface area contributed by atoms with E-state index in [1.165, 1.54) is 0 Å². The third-order valence-electron chi connectivity index (χ3n) is 5.90. The molecule has 1 aromatic carbocycles. The third kappa shape index (κ3) is 6.48. The predicted molar refractivity (Wildman–Crippen MR) is 131 cm³/mol. The summed E-state index contributed by atoms with van der Waals surface area (Å²) in [6.07, 6.45) is 5.05. The summed E-state index contributed by atoms with van der Waals surface area (Å²) in [5.41, 5.74) is 7.70. The minimum Gasteiger partial charge on any atom is -0.390 e. The predicted octanol–water partition coefficient (Wildman–Crippen LogP) is 3.94. The van der Waals surface area contributed by atoms with Gasteiger partial charge in [-0.05, 0) is 50.8 Å². The number of rotatable bonds is 7. The highest BCUT2D eigenvalue weighted by atomic mass is 35.5. The molecule has 0 atom stereocenters. The van der Waals surface area contributed by atoms with Gasteiger partial charge >= 0.3 is 0 Å². The molecule has 0 aliphatic carbocycles. The average molecular weight is 480 g/mol. The van der Waals surface area contributed by atoms with E-state index < -0.39 is 0 Å². The highest BCUT2D eigenvalue weighted by Crippen LogP contribution is 2.27. The number of carbonyl (C=O) groups is 1. The van der Waals surface area contributed by atoms with Crippen LogP contribution in [0.4, 0.5) is 5.69 Å². The van der Waals surface area contributed by atoms with E-state index in [0.717, 1.165) is 45.2 Å². The maximum atomic E-state index is 13.2. The van der Waals surface area contributed by atoms with Gasteiger partial charge in [0.05, 0.1) is 16.4 Å². The zero-order chi connectivity index (χ0) is 23.1. The lowest BCUT2D eigenvalue weighted by Gasteiger charge is -2.35. The zero-order valence-electron chi connectivity index (χ0n) is 18.4. The molecule has 7 nitrogen and oxygen atoms in total. The van der Waals surface area contributed by atoms with Gasteiger partial charge in [0, 0.05) is 55.3 Å². The normalized spacial score (nSPS) is 19.2. The van der Waals surface area contributed by atoms with Gasteiger partial charge < -0.3 is 26.0 Å². The number of aliphatic imine (C=N–C) groups is 1. The zero-order valence-corrected chi connectivity index (χ0v) is 19.9. The van der Waals surface area contributed by atoms with Crippen molar-refractivity contribution in [2.75, 3.05) is 31.6 Å². The van der Waals surface area contributed by atoms with Crippen LogP contribution in [0.25, 0.3) is 0 Å². The summed E-state index contributed by atoms with van der Waals surface area (Å²) in [7, 11) is 0.